The number of para-hydroxylation sites is 1. The van der Waals surface area contributed by atoms with Crippen LogP contribution in [0.4, 0.5) is 5.82 Å². The standard InChI is InChI=1S/C15H16N6O/c1-2-4-14-13(3-1)15(18-10-17-14)20-5-6-22-12(7-20)8-21-11-16-9-19-21/h1-4,9-12H,5-8H2. The SMILES string of the molecule is c1ccc2c(N3CCOC(Cn4cncn4)C3)ncnc2c1. The fourth-order valence-electron chi connectivity index (χ4n) is 2.80. The second kappa shape index (κ2) is 5.69. The maximum Gasteiger partial charge on any atom is 0.140 e. The second-order valence-corrected chi connectivity index (χ2v) is 5.27. The summed E-state index contributed by atoms with van der Waals surface area (Å²) in [7, 11) is 0. The Bertz CT molecular complexity index is 754. The van der Waals surface area contributed by atoms with E-state index in [9.17, 15) is 0 Å². The van der Waals surface area contributed by atoms with Crippen molar-refractivity contribution in [1.29, 1.82) is 0 Å². The van der Waals surface area contributed by atoms with Crippen molar-refractivity contribution in [1.82, 2.24) is 24.7 Å². The zero-order chi connectivity index (χ0) is 14.8. The van der Waals surface area contributed by atoms with E-state index in [4.69, 9.17) is 4.74 Å². The van der Waals surface area contributed by atoms with Gasteiger partial charge in [-0.05, 0) is 12.1 Å². The van der Waals surface area contributed by atoms with Gasteiger partial charge >= 0.3 is 0 Å². The second-order valence-electron chi connectivity index (χ2n) is 5.27. The monoisotopic (exact) mass is 296 g/mol. The molecule has 3 aromatic rings. The maximum absolute atomic E-state index is 5.84. The number of anilines is 1. The highest BCUT2D eigenvalue weighted by Crippen LogP contribution is 2.24. The van der Waals surface area contributed by atoms with Gasteiger partial charge in [0.25, 0.3) is 0 Å². The number of nitrogens with zero attached hydrogens (tertiary/aromatic N) is 6. The van der Waals surface area contributed by atoms with Crippen molar-refractivity contribution in [3.8, 4) is 0 Å². The first-order chi connectivity index (χ1) is 10.9. The van der Waals surface area contributed by atoms with E-state index in [1.807, 2.05) is 18.2 Å². The van der Waals surface area contributed by atoms with Crippen molar-refractivity contribution in [3.05, 3.63) is 43.2 Å². The molecule has 1 aromatic carbocycles. The molecule has 0 radical (unpaired) electrons. The van der Waals surface area contributed by atoms with Crippen LogP contribution in [0.3, 0.4) is 0 Å². The van der Waals surface area contributed by atoms with Gasteiger partial charge in [0.15, 0.2) is 0 Å². The minimum atomic E-state index is 0.0733. The summed E-state index contributed by atoms with van der Waals surface area (Å²) in [6.07, 6.45) is 4.95. The molecule has 0 aliphatic carbocycles. The third-order valence-corrected chi connectivity index (χ3v) is 3.82. The van der Waals surface area contributed by atoms with Gasteiger partial charge < -0.3 is 9.64 Å². The molecule has 7 nitrogen and oxygen atoms in total. The predicted octanol–water partition coefficient (Wildman–Crippen LogP) is 1.13. The molecule has 1 atom stereocenters. The summed E-state index contributed by atoms with van der Waals surface area (Å²) in [5.74, 6) is 0.970. The fourth-order valence-corrected chi connectivity index (χ4v) is 2.80. The van der Waals surface area contributed by atoms with Gasteiger partial charge in [-0.15, -0.1) is 0 Å². The number of benzene rings is 1. The van der Waals surface area contributed by atoms with Gasteiger partial charge in [-0.3, -0.25) is 4.68 Å². The van der Waals surface area contributed by atoms with Crippen LogP contribution in [-0.2, 0) is 11.3 Å². The maximum atomic E-state index is 5.84. The van der Waals surface area contributed by atoms with Crippen LogP contribution >= 0.6 is 0 Å². The van der Waals surface area contributed by atoms with Crippen LogP contribution in [0.5, 0.6) is 0 Å². The van der Waals surface area contributed by atoms with Gasteiger partial charge in [-0.2, -0.15) is 5.10 Å². The summed E-state index contributed by atoms with van der Waals surface area (Å²) in [6.45, 7) is 2.98. The zero-order valence-corrected chi connectivity index (χ0v) is 12.0. The number of fused-ring (bicyclic) bond motifs is 1. The molecule has 7 heteroatoms. The van der Waals surface area contributed by atoms with Crippen molar-refractivity contribution in [2.45, 2.75) is 12.6 Å². The largest absolute Gasteiger partial charge is 0.373 e. The molecular weight excluding hydrogens is 280 g/mol. The van der Waals surface area contributed by atoms with Crippen molar-refractivity contribution in [2.24, 2.45) is 0 Å². The summed E-state index contributed by atoms with van der Waals surface area (Å²) in [5, 5.41) is 5.21. The van der Waals surface area contributed by atoms with E-state index in [0.29, 0.717) is 13.2 Å². The minimum Gasteiger partial charge on any atom is -0.373 e. The summed E-state index contributed by atoms with van der Waals surface area (Å²) in [5.41, 5.74) is 0.965. The smallest absolute Gasteiger partial charge is 0.140 e. The van der Waals surface area contributed by atoms with Crippen LogP contribution in [-0.4, -0.2) is 50.5 Å². The summed E-state index contributed by atoms with van der Waals surface area (Å²) >= 11 is 0. The Hall–Kier alpha value is -2.54. The van der Waals surface area contributed by atoms with Gasteiger partial charge in [0, 0.05) is 18.5 Å². The van der Waals surface area contributed by atoms with Gasteiger partial charge in [0.1, 0.15) is 24.8 Å². The van der Waals surface area contributed by atoms with E-state index in [2.05, 4.69) is 31.0 Å². The summed E-state index contributed by atoms with van der Waals surface area (Å²) < 4.78 is 7.64. The van der Waals surface area contributed by atoms with E-state index >= 15 is 0 Å². The highest BCUT2D eigenvalue weighted by atomic mass is 16.5. The normalized spacial score (nSPS) is 18.7. The van der Waals surface area contributed by atoms with E-state index in [1.165, 1.54) is 0 Å². The topological polar surface area (TPSA) is 69.0 Å². The van der Waals surface area contributed by atoms with Crippen LogP contribution in [0.25, 0.3) is 10.9 Å². The molecule has 112 valence electrons. The molecule has 1 aliphatic rings. The van der Waals surface area contributed by atoms with Crippen molar-refractivity contribution < 1.29 is 4.74 Å². The number of hydrogen-bond donors (Lipinski definition) is 0. The molecule has 2 aromatic heterocycles. The van der Waals surface area contributed by atoms with Gasteiger partial charge in [-0.1, -0.05) is 12.1 Å². The third kappa shape index (κ3) is 2.50. The molecule has 0 saturated carbocycles. The average molecular weight is 296 g/mol. The Labute approximate surface area is 127 Å². The van der Waals surface area contributed by atoms with Gasteiger partial charge in [0.05, 0.1) is 24.8 Å². The lowest BCUT2D eigenvalue weighted by Gasteiger charge is -2.34. The zero-order valence-electron chi connectivity index (χ0n) is 12.0. The average Bonchev–Trinajstić information content (AvgIpc) is 3.07. The van der Waals surface area contributed by atoms with Gasteiger partial charge in [0.2, 0.25) is 0 Å². The molecule has 3 heterocycles. The Morgan fingerprint density at radius 2 is 2.14 bits per heavy atom. The molecule has 0 bridgehead atoms. The minimum absolute atomic E-state index is 0.0733. The molecule has 0 spiro atoms. The van der Waals surface area contributed by atoms with Crippen LogP contribution in [0.15, 0.2) is 43.2 Å². The summed E-state index contributed by atoms with van der Waals surface area (Å²) in [6, 6.07) is 8.08. The van der Waals surface area contributed by atoms with E-state index in [1.54, 1.807) is 23.7 Å². The Morgan fingerprint density at radius 1 is 1.18 bits per heavy atom. The molecule has 22 heavy (non-hydrogen) atoms. The molecule has 0 N–H and O–H groups in total. The van der Waals surface area contributed by atoms with Gasteiger partial charge in [-0.25, -0.2) is 15.0 Å². The molecule has 0 amide bonds. The van der Waals surface area contributed by atoms with Crippen molar-refractivity contribution >= 4 is 16.7 Å². The third-order valence-electron chi connectivity index (χ3n) is 3.82. The lowest BCUT2D eigenvalue weighted by molar-refractivity contribution is 0.0272. The number of rotatable bonds is 3. The first-order valence-corrected chi connectivity index (χ1v) is 7.29. The predicted molar refractivity (Wildman–Crippen MR) is 81.5 cm³/mol. The van der Waals surface area contributed by atoms with E-state index < -0.39 is 0 Å². The fraction of sp³-hybridized carbons (Fsp3) is 0.333. The molecule has 1 unspecified atom stereocenters. The number of hydrogen-bond acceptors (Lipinski definition) is 6. The van der Waals surface area contributed by atoms with Crippen molar-refractivity contribution in [2.75, 3.05) is 24.6 Å². The Morgan fingerprint density at radius 3 is 3.05 bits per heavy atom. The van der Waals surface area contributed by atoms with Crippen molar-refractivity contribution in [3.63, 3.8) is 0 Å². The molecule has 1 saturated heterocycles. The number of ether oxygens (including phenoxy) is 1. The molecule has 4 rings (SSSR count). The quantitative estimate of drug-likeness (QED) is 0.721. The highest BCUT2D eigenvalue weighted by Gasteiger charge is 2.23. The Kier molecular flexibility index (Phi) is 3.40. The molecular formula is C15H16N6O. The molecule has 1 aliphatic heterocycles. The van der Waals surface area contributed by atoms with Crippen LogP contribution in [0.2, 0.25) is 0 Å². The lowest BCUT2D eigenvalue weighted by Crippen LogP contribution is -2.44. The van der Waals surface area contributed by atoms with E-state index in [0.717, 1.165) is 29.8 Å². The summed E-state index contributed by atoms with van der Waals surface area (Å²) in [4.78, 5) is 15.0. The number of aromatic nitrogens is 5. The highest BCUT2D eigenvalue weighted by molar-refractivity contribution is 5.89. The first-order valence-electron chi connectivity index (χ1n) is 7.29. The number of morpholine rings is 1. The van der Waals surface area contributed by atoms with Crippen LogP contribution < -0.4 is 4.90 Å². The lowest BCUT2D eigenvalue weighted by atomic mass is 10.2. The molecule has 1 fully saturated rings. The Balaban J connectivity index is 1.58. The van der Waals surface area contributed by atoms with Crippen LogP contribution in [0.1, 0.15) is 0 Å². The van der Waals surface area contributed by atoms with E-state index in [-0.39, 0.29) is 6.10 Å². The van der Waals surface area contributed by atoms with Crippen LogP contribution in [0, 0.1) is 0 Å². The first kappa shape index (κ1) is 13.1.